The lowest BCUT2D eigenvalue weighted by Gasteiger charge is -2.23. The van der Waals surface area contributed by atoms with E-state index in [1.807, 2.05) is 0 Å². The van der Waals surface area contributed by atoms with Gasteiger partial charge in [-0.05, 0) is 33.6 Å². The Labute approximate surface area is 95.2 Å². The average Bonchev–Trinajstić information content (AvgIpc) is 2.10. The van der Waals surface area contributed by atoms with E-state index in [1.165, 1.54) is 0 Å². The molecule has 0 rings (SSSR count). The van der Waals surface area contributed by atoms with Crippen molar-refractivity contribution < 1.29 is 19.7 Å². The normalized spacial score (nSPS) is 15.9. The summed E-state index contributed by atoms with van der Waals surface area (Å²) in [6.45, 7) is 5.09. The van der Waals surface area contributed by atoms with Crippen molar-refractivity contribution in [1.29, 1.82) is 0 Å². The summed E-state index contributed by atoms with van der Waals surface area (Å²) in [5.41, 5.74) is -0.662. The molecule has 4 nitrogen and oxygen atoms in total. The third-order valence-corrected chi connectivity index (χ3v) is 1.91. The van der Waals surface area contributed by atoms with Crippen molar-refractivity contribution >= 4 is 17.6 Å². The molecule has 0 aliphatic carbocycles. The van der Waals surface area contributed by atoms with Crippen LogP contribution in [0.25, 0.3) is 0 Å². The summed E-state index contributed by atoms with van der Waals surface area (Å²) in [6, 6.07) is 0. The molecule has 5 heteroatoms. The Hall–Kier alpha value is -0.320. The maximum Gasteiger partial charge on any atom is 0.338 e. The van der Waals surface area contributed by atoms with Crippen LogP contribution in [0.4, 0.5) is 0 Å². The van der Waals surface area contributed by atoms with Gasteiger partial charge in [-0.3, -0.25) is 0 Å². The highest BCUT2D eigenvalue weighted by atomic mass is 35.5. The Morgan fingerprint density at radius 3 is 2.33 bits per heavy atom. The first kappa shape index (κ1) is 14.7. The molecule has 0 aromatic carbocycles. The number of esters is 1. The fraction of sp³-hybridized carbons (Fsp3) is 0.900. The van der Waals surface area contributed by atoms with Crippen molar-refractivity contribution in [3.05, 3.63) is 0 Å². The molecule has 0 fully saturated rings. The van der Waals surface area contributed by atoms with Gasteiger partial charge in [-0.2, -0.15) is 0 Å². The predicted octanol–water partition coefficient (Wildman–Crippen LogP) is 1.07. The van der Waals surface area contributed by atoms with Gasteiger partial charge in [-0.15, -0.1) is 11.6 Å². The van der Waals surface area contributed by atoms with E-state index in [4.69, 9.17) is 16.3 Å². The fourth-order valence-corrected chi connectivity index (χ4v) is 1.12. The van der Waals surface area contributed by atoms with E-state index in [0.717, 1.165) is 0 Å². The number of alkyl halides is 1. The molecule has 0 spiro atoms. The van der Waals surface area contributed by atoms with Crippen LogP contribution in [0.5, 0.6) is 0 Å². The van der Waals surface area contributed by atoms with E-state index < -0.39 is 23.8 Å². The number of rotatable bonds is 5. The zero-order valence-electron chi connectivity index (χ0n) is 9.36. The fourth-order valence-electron chi connectivity index (χ4n) is 0.963. The number of hydrogen-bond donors (Lipinski definition) is 2. The molecule has 0 amide bonds. The number of carbonyl (C=O) groups is 1. The van der Waals surface area contributed by atoms with Crippen LogP contribution >= 0.6 is 11.6 Å². The first-order chi connectivity index (χ1) is 6.78. The van der Waals surface area contributed by atoms with Crippen molar-refractivity contribution in [2.75, 3.05) is 5.88 Å². The van der Waals surface area contributed by atoms with Crippen LogP contribution in [-0.2, 0) is 9.53 Å². The summed E-state index contributed by atoms with van der Waals surface area (Å²) < 4.78 is 4.92. The summed E-state index contributed by atoms with van der Waals surface area (Å²) in [7, 11) is 0. The number of ether oxygens (including phenoxy) is 1. The summed E-state index contributed by atoms with van der Waals surface area (Å²) >= 11 is 5.43. The second-order valence-electron chi connectivity index (χ2n) is 4.38. The highest BCUT2D eigenvalue weighted by Crippen LogP contribution is 2.11. The van der Waals surface area contributed by atoms with Crippen LogP contribution in [0.3, 0.4) is 0 Å². The van der Waals surface area contributed by atoms with E-state index in [9.17, 15) is 15.0 Å². The third-order valence-electron chi connectivity index (χ3n) is 1.65. The zero-order chi connectivity index (χ0) is 12.1. The highest BCUT2D eigenvalue weighted by molar-refractivity contribution is 6.17. The van der Waals surface area contributed by atoms with Gasteiger partial charge in [-0.1, -0.05) is 0 Å². The van der Waals surface area contributed by atoms with E-state index in [0.29, 0.717) is 12.3 Å². The van der Waals surface area contributed by atoms with Crippen molar-refractivity contribution in [2.24, 2.45) is 0 Å². The van der Waals surface area contributed by atoms with Crippen molar-refractivity contribution in [3.63, 3.8) is 0 Å². The molecule has 0 saturated heterocycles. The third kappa shape index (κ3) is 6.71. The predicted molar refractivity (Wildman–Crippen MR) is 57.8 cm³/mol. The van der Waals surface area contributed by atoms with Crippen LogP contribution in [-0.4, -0.2) is 39.9 Å². The first-order valence-electron chi connectivity index (χ1n) is 4.93. The van der Waals surface area contributed by atoms with E-state index in [-0.39, 0.29) is 6.42 Å². The lowest BCUT2D eigenvalue weighted by atomic mass is 10.1. The van der Waals surface area contributed by atoms with Gasteiger partial charge in [-0.25, -0.2) is 4.79 Å². The molecule has 2 atom stereocenters. The second kappa shape index (κ2) is 6.30. The molecular formula is C10H19ClO4. The minimum atomic E-state index is -1.49. The van der Waals surface area contributed by atoms with Gasteiger partial charge < -0.3 is 14.9 Å². The van der Waals surface area contributed by atoms with Gasteiger partial charge in [0.05, 0.1) is 6.10 Å². The maximum absolute atomic E-state index is 11.3. The Balaban J connectivity index is 4.08. The Kier molecular flexibility index (Phi) is 6.17. The lowest BCUT2D eigenvalue weighted by Crippen LogP contribution is -2.39. The van der Waals surface area contributed by atoms with Crippen LogP contribution < -0.4 is 0 Å². The standard InChI is InChI=1S/C10H19ClO4/c1-10(2,3)15-9(14)8(13)7(12)5-4-6-11/h7-8,12-13H,4-6H2,1-3H3/t7-,8?/m1/s1. The van der Waals surface area contributed by atoms with Gasteiger partial charge in [0.1, 0.15) is 5.60 Å². The smallest absolute Gasteiger partial charge is 0.338 e. The second-order valence-corrected chi connectivity index (χ2v) is 4.75. The van der Waals surface area contributed by atoms with Gasteiger partial charge in [0, 0.05) is 5.88 Å². The number of aliphatic hydroxyl groups is 2. The Morgan fingerprint density at radius 2 is 1.93 bits per heavy atom. The van der Waals surface area contributed by atoms with Crippen molar-refractivity contribution in [1.82, 2.24) is 0 Å². The van der Waals surface area contributed by atoms with Gasteiger partial charge >= 0.3 is 5.97 Å². The van der Waals surface area contributed by atoms with Crippen molar-refractivity contribution in [3.8, 4) is 0 Å². The number of halogens is 1. The summed E-state index contributed by atoms with van der Waals surface area (Å²) in [5, 5.41) is 18.8. The van der Waals surface area contributed by atoms with Crippen molar-refractivity contribution in [2.45, 2.75) is 51.4 Å². The molecule has 0 aliphatic rings. The van der Waals surface area contributed by atoms with Crippen LogP contribution in [0, 0.1) is 0 Å². The summed E-state index contributed by atoms with van der Waals surface area (Å²) in [4.78, 5) is 11.3. The van der Waals surface area contributed by atoms with Gasteiger partial charge in [0.25, 0.3) is 0 Å². The molecule has 0 aliphatic heterocycles. The molecule has 0 bridgehead atoms. The van der Waals surface area contributed by atoms with Gasteiger partial charge in [0.15, 0.2) is 6.10 Å². The highest BCUT2D eigenvalue weighted by Gasteiger charge is 2.28. The van der Waals surface area contributed by atoms with Crippen LogP contribution in [0.2, 0.25) is 0 Å². The molecule has 0 aromatic rings. The molecule has 1 unspecified atom stereocenters. The zero-order valence-corrected chi connectivity index (χ0v) is 10.1. The first-order valence-corrected chi connectivity index (χ1v) is 5.46. The molecule has 90 valence electrons. The summed E-state index contributed by atoms with van der Waals surface area (Å²) in [5.74, 6) is -0.414. The monoisotopic (exact) mass is 238 g/mol. The topological polar surface area (TPSA) is 66.8 Å². The van der Waals surface area contributed by atoms with Crippen LogP contribution in [0.1, 0.15) is 33.6 Å². The Morgan fingerprint density at radius 1 is 1.40 bits per heavy atom. The molecule has 0 radical (unpaired) electrons. The molecule has 0 heterocycles. The number of hydrogen-bond acceptors (Lipinski definition) is 4. The number of aliphatic hydroxyl groups excluding tert-OH is 2. The minimum Gasteiger partial charge on any atom is -0.458 e. The number of carbonyl (C=O) groups excluding carboxylic acids is 1. The average molecular weight is 239 g/mol. The SMILES string of the molecule is CC(C)(C)OC(=O)C(O)[C@H](O)CCCCl. The quantitative estimate of drug-likeness (QED) is 0.556. The molecule has 0 saturated carbocycles. The molecule has 15 heavy (non-hydrogen) atoms. The lowest BCUT2D eigenvalue weighted by molar-refractivity contribution is -0.171. The van der Waals surface area contributed by atoms with E-state index in [2.05, 4.69) is 0 Å². The summed E-state index contributed by atoms with van der Waals surface area (Å²) in [6.07, 6.45) is -1.78. The Bertz CT molecular complexity index is 200. The van der Waals surface area contributed by atoms with E-state index >= 15 is 0 Å². The molecule has 0 aromatic heterocycles. The minimum absolute atomic E-state index is 0.282. The molecular weight excluding hydrogens is 220 g/mol. The largest absolute Gasteiger partial charge is 0.458 e. The molecule has 2 N–H and O–H groups in total. The van der Waals surface area contributed by atoms with E-state index in [1.54, 1.807) is 20.8 Å². The van der Waals surface area contributed by atoms with Gasteiger partial charge in [0.2, 0.25) is 0 Å². The maximum atomic E-state index is 11.3. The van der Waals surface area contributed by atoms with Crippen LogP contribution in [0.15, 0.2) is 0 Å².